The summed E-state index contributed by atoms with van der Waals surface area (Å²) in [4.78, 5) is 13.7. The smallest absolute Gasteiger partial charge is 0.408 e. The largest absolute Gasteiger partial charge is 0.417 e. The van der Waals surface area contributed by atoms with Crippen molar-refractivity contribution < 1.29 is 4.42 Å². The van der Waals surface area contributed by atoms with Gasteiger partial charge in [0.05, 0.1) is 5.52 Å². The van der Waals surface area contributed by atoms with Crippen molar-refractivity contribution in [1.82, 2.24) is 10.3 Å². The molecule has 3 rings (SSSR count). The molecule has 0 unspecified atom stereocenters. The maximum atomic E-state index is 11.1. The summed E-state index contributed by atoms with van der Waals surface area (Å²) in [5, 5.41) is 3.18. The van der Waals surface area contributed by atoms with Crippen LogP contribution in [0.2, 0.25) is 0 Å². The Hall–Kier alpha value is -2.23. The summed E-state index contributed by atoms with van der Waals surface area (Å²) in [6.07, 6.45) is 4.13. The highest BCUT2D eigenvalue weighted by Crippen LogP contribution is 2.25. The Morgan fingerprint density at radius 3 is 3.06 bits per heavy atom. The normalized spacial score (nSPS) is 15.4. The number of allylic oxidation sites excluding steroid dienone is 2. The fourth-order valence-corrected chi connectivity index (χ4v) is 2.03. The second-order valence-electron chi connectivity index (χ2n) is 4.08. The number of dihydropyridines is 1. The van der Waals surface area contributed by atoms with Gasteiger partial charge in [0.15, 0.2) is 5.58 Å². The van der Waals surface area contributed by atoms with Crippen LogP contribution in [0.4, 0.5) is 0 Å². The van der Waals surface area contributed by atoms with Gasteiger partial charge in [-0.2, -0.15) is 0 Å². The van der Waals surface area contributed by atoms with E-state index >= 15 is 0 Å². The Morgan fingerprint density at radius 2 is 2.24 bits per heavy atom. The molecule has 0 amide bonds. The van der Waals surface area contributed by atoms with E-state index in [0.717, 1.165) is 23.2 Å². The zero-order chi connectivity index (χ0) is 11.8. The molecule has 1 aliphatic rings. The van der Waals surface area contributed by atoms with Crippen molar-refractivity contribution in [3.8, 4) is 0 Å². The molecule has 0 saturated heterocycles. The van der Waals surface area contributed by atoms with E-state index in [2.05, 4.69) is 23.3 Å². The SMILES string of the molecule is CC1=CCNC=C1c1ccc2oc(=O)[nH]c2c1. The molecular weight excluding hydrogens is 216 g/mol. The summed E-state index contributed by atoms with van der Waals surface area (Å²) >= 11 is 0. The van der Waals surface area contributed by atoms with E-state index in [1.54, 1.807) is 0 Å². The molecule has 0 bridgehead atoms. The lowest BCUT2D eigenvalue weighted by molar-refractivity contribution is 0.555. The van der Waals surface area contributed by atoms with Crippen LogP contribution in [0.5, 0.6) is 0 Å². The Balaban J connectivity index is 2.14. The number of H-pyrrole nitrogens is 1. The Kier molecular flexibility index (Phi) is 2.14. The molecule has 2 aromatic rings. The van der Waals surface area contributed by atoms with Crippen molar-refractivity contribution in [3.63, 3.8) is 0 Å². The van der Waals surface area contributed by atoms with Gasteiger partial charge in [-0.3, -0.25) is 4.98 Å². The van der Waals surface area contributed by atoms with E-state index in [9.17, 15) is 4.79 Å². The third-order valence-corrected chi connectivity index (χ3v) is 2.93. The van der Waals surface area contributed by atoms with E-state index in [-0.39, 0.29) is 0 Å². The minimum Gasteiger partial charge on any atom is -0.408 e. The van der Waals surface area contributed by atoms with Crippen LogP contribution < -0.4 is 11.1 Å². The molecule has 0 fully saturated rings. The van der Waals surface area contributed by atoms with Crippen LogP contribution >= 0.6 is 0 Å². The van der Waals surface area contributed by atoms with Gasteiger partial charge in [0, 0.05) is 18.3 Å². The first-order chi connectivity index (χ1) is 8.24. The summed E-state index contributed by atoms with van der Waals surface area (Å²) in [5.74, 6) is -0.417. The monoisotopic (exact) mass is 228 g/mol. The van der Waals surface area contributed by atoms with Crippen molar-refractivity contribution in [3.05, 3.63) is 52.2 Å². The van der Waals surface area contributed by atoms with Crippen LogP contribution in [0, 0.1) is 0 Å². The Morgan fingerprint density at radius 1 is 1.35 bits per heavy atom. The number of nitrogens with one attached hydrogen (secondary N) is 2. The van der Waals surface area contributed by atoms with Crippen LogP contribution in [0.15, 0.2) is 45.3 Å². The number of hydrogen-bond acceptors (Lipinski definition) is 3. The first-order valence-electron chi connectivity index (χ1n) is 5.48. The minimum atomic E-state index is -0.417. The number of oxazole rings is 1. The quantitative estimate of drug-likeness (QED) is 0.785. The van der Waals surface area contributed by atoms with Gasteiger partial charge in [-0.1, -0.05) is 12.1 Å². The number of fused-ring (bicyclic) bond motifs is 1. The molecule has 0 aliphatic carbocycles. The number of benzene rings is 1. The number of aromatic nitrogens is 1. The van der Waals surface area contributed by atoms with Gasteiger partial charge in [-0.25, -0.2) is 4.79 Å². The molecule has 4 nitrogen and oxygen atoms in total. The number of hydrogen-bond donors (Lipinski definition) is 2. The first kappa shape index (κ1) is 9.96. The topological polar surface area (TPSA) is 58.0 Å². The van der Waals surface area contributed by atoms with Crippen molar-refractivity contribution >= 4 is 16.7 Å². The van der Waals surface area contributed by atoms with Gasteiger partial charge in [0.1, 0.15) is 0 Å². The zero-order valence-corrected chi connectivity index (χ0v) is 9.41. The van der Waals surface area contributed by atoms with Crippen molar-refractivity contribution in [2.45, 2.75) is 6.92 Å². The van der Waals surface area contributed by atoms with Gasteiger partial charge in [0.2, 0.25) is 0 Å². The summed E-state index contributed by atoms with van der Waals surface area (Å²) in [7, 11) is 0. The average Bonchev–Trinajstić information content (AvgIpc) is 2.68. The first-order valence-corrected chi connectivity index (χ1v) is 5.48. The third kappa shape index (κ3) is 1.67. The molecule has 0 spiro atoms. The van der Waals surface area contributed by atoms with Crippen molar-refractivity contribution in [2.24, 2.45) is 0 Å². The highest BCUT2D eigenvalue weighted by Gasteiger charge is 2.09. The van der Waals surface area contributed by atoms with E-state index in [0.29, 0.717) is 5.58 Å². The highest BCUT2D eigenvalue weighted by atomic mass is 16.4. The van der Waals surface area contributed by atoms with E-state index in [1.165, 1.54) is 5.57 Å². The lowest BCUT2D eigenvalue weighted by Gasteiger charge is -2.14. The van der Waals surface area contributed by atoms with Gasteiger partial charge in [-0.15, -0.1) is 0 Å². The third-order valence-electron chi connectivity index (χ3n) is 2.93. The lowest BCUT2D eigenvalue weighted by atomic mass is 9.98. The van der Waals surface area contributed by atoms with Gasteiger partial charge < -0.3 is 9.73 Å². The Labute approximate surface area is 97.6 Å². The van der Waals surface area contributed by atoms with Gasteiger partial charge >= 0.3 is 5.76 Å². The maximum absolute atomic E-state index is 11.1. The molecule has 2 N–H and O–H groups in total. The molecule has 4 heteroatoms. The van der Waals surface area contributed by atoms with E-state index < -0.39 is 5.76 Å². The van der Waals surface area contributed by atoms with Gasteiger partial charge in [0.25, 0.3) is 0 Å². The van der Waals surface area contributed by atoms with E-state index in [1.807, 2.05) is 24.4 Å². The number of rotatable bonds is 1. The highest BCUT2D eigenvalue weighted by molar-refractivity contribution is 5.84. The molecule has 1 aliphatic heterocycles. The second-order valence-corrected chi connectivity index (χ2v) is 4.08. The summed E-state index contributed by atoms with van der Waals surface area (Å²) in [6, 6.07) is 5.69. The lowest BCUT2D eigenvalue weighted by Crippen LogP contribution is -2.11. The second kappa shape index (κ2) is 3.66. The predicted molar refractivity (Wildman–Crippen MR) is 66.6 cm³/mol. The van der Waals surface area contributed by atoms with Crippen molar-refractivity contribution in [1.29, 1.82) is 0 Å². The molecule has 0 radical (unpaired) electrons. The van der Waals surface area contributed by atoms with Crippen LogP contribution in [0.3, 0.4) is 0 Å². The molecule has 1 aromatic carbocycles. The standard InChI is InChI=1S/C13H12N2O2/c1-8-4-5-14-7-10(8)9-2-3-12-11(6-9)15-13(16)17-12/h2-4,6-7,14H,5H2,1H3,(H,15,16). The fourth-order valence-electron chi connectivity index (χ4n) is 2.03. The molecular formula is C13H12N2O2. The molecule has 2 heterocycles. The predicted octanol–water partition coefficient (Wildman–Crippen LogP) is 2.01. The van der Waals surface area contributed by atoms with Crippen LogP contribution in [0.25, 0.3) is 16.7 Å². The summed E-state index contributed by atoms with van der Waals surface area (Å²) in [5.41, 5.74) is 4.75. The Bertz CT molecular complexity index is 689. The summed E-state index contributed by atoms with van der Waals surface area (Å²) < 4.78 is 4.98. The molecule has 86 valence electrons. The minimum absolute atomic E-state index is 0.417. The van der Waals surface area contributed by atoms with Crippen LogP contribution in [0.1, 0.15) is 12.5 Å². The number of aromatic amines is 1. The fraction of sp³-hybridized carbons (Fsp3) is 0.154. The van der Waals surface area contributed by atoms with Crippen LogP contribution in [-0.4, -0.2) is 11.5 Å². The average molecular weight is 228 g/mol. The summed E-state index contributed by atoms with van der Waals surface area (Å²) in [6.45, 7) is 2.94. The molecule has 17 heavy (non-hydrogen) atoms. The molecule has 1 aromatic heterocycles. The maximum Gasteiger partial charge on any atom is 0.417 e. The molecule has 0 atom stereocenters. The van der Waals surface area contributed by atoms with Gasteiger partial charge in [-0.05, 0) is 30.2 Å². The molecule has 0 saturated carbocycles. The van der Waals surface area contributed by atoms with E-state index in [4.69, 9.17) is 4.42 Å². The van der Waals surface area contributed by atoms with Crippen LogP contribution in [-0.2, 0) is 0 Å². The van der Waals surface area contributed by atoms with Crippen molar-refractivity contribution in [2.75, 3.05) is 6.54 Å². The zero-order valence-electron chi connectivity index (χ0n) is 9.41.